The summed E-state index contributed by atoms with van der Waals surface area (Å²) in [6.45, 7) is 7.89. The number of H-pyrrole nitrogens is 1. The van der Waals surface area contributed by atoms with Crippen LogP contribution in [-0.2, 0) is 4.74 Å². The van der Waals surface area contributed by atoms with Crippen LogP contribution in [0.3, 0.4) is 0 Å². The molecule has 142 valence electrons. The van der Waals surface area contributed by atoms with Crippen molar-refractivity contribution >= 4 is 16.7 Å². The van der Waals surface area contributed by atoms with Gasteiger partial charge in [-0.3, -0.25) is 14.3 Å². The second-order valence-corrected chi connectivity index (χ2v) is 6.95. The van der Waals surface area contributed by atoms with E-state index < -0.39 is 0 Å². The van der Waals surface area contributed by atoms with Crippen LogP contribution in [0, 0.1) is 6.92 Å². The second-order valence-electron chi connectivity index (χ2n) is 6.95. The van der Waals surface area contributed by atoms with Crippen molar-refractivity contribution in [2.45, 2.75) is 6.92 Å². The zero-order valence-corrected chi connectivity index (χ0v) is 15.8. The maximum absolute atomic E-state index is 12.1. The van der Waals surface area contributed by atoms with Gasteiger partial charge < -0.3 is 14.6 Å². The maximum atomic E-state index is 12.1. The van der Waals surface area contributed by atoms with Gasteiger partial charge in [0.25, 0.3) is 5.56 Å². The first-order valence-electron chi connectivity index (χ1n) is 9.30. The number of rotatable bonds is 5. The topological polar surface area (TPSA) is 66.4 Å². The number of nitrogens with zero attached hydrogens (tertiary/aromatic N) is 4. The van der Waals surface area contributed by atoms with Crippen LogP contribution < -0.4 is 10.5 Å². The van der Waals surface area contributed by atoms with Gasteiger partial charge in [-0.05, 0) is 30.7 Å². The largest absolute Gasteiger partial charge is 0.383 e. The van der Waals surface area contributed by atoms with Gasteiger partial charge in [-0.1, -0.05) is 6.07 Å². The van der Waals surface area contributed by atoms with Crippen LogP contribution in [0.5, 0.6) is 0 Å². The number of nitrogens with one attached hydrogen (secondary N) is 1. The van der Waals surface area contributed by atoms with E-state index in [0.717, 1.165) is 55.9 Å². The first kappa shape index (κ1) is 17.8. The Balaban J connectivity index is 1.59. The summed E-state index contributed by atoms with van der Waals surface area (Å²) in [6.07, 6.45) is 1.73. The van der Waals surface area contributed by atoms with Crippen molar-refractivity contribution in [3.63, 3.8) is 0 Å². The molecule has 1 aliphatic rings. The number of piperazine rings is 1. The Hall–Kier alpha value is -2.64. The van der Waals surface area contributed by atoms with E-state index in [2.05, 4.69) is 38.8 Å². The fourth-order valence-electron chi connectivity index (χ4n) is 3.61. The molecule has 0 atom stereocenters. The Bertz CT molecular complexity index is 985. The number of anilines is 1. The third-order valence-electron chi connectivity index (χ3n) is 5.15. The van der Waals surface area contributed by atoms with Gasteiger partial charge in [0.05, 0.1) is 17.6 Å². The zero-order chi connectivity index (χ0) is 18.8. The minimum absolute atomic E-state index is 0.0957. The number of imidazole rings is 1. The highest BCUT2D eigenvalue weighted by molar-refractivity contribution is 5.84. The van der Waals surface area contributed by atoms with Gasteiger partial charge in [-0.15, -0.1) is 0 Å². The van der Waals surface area contributed by atoms with Gasteiger partial charge >= 0.3 is 0 Å². The van der Waals surface area contributed by atoms with Crippen LogP contribution in [0.1, 0.15) is 5.56 Å². The molecule has 2 aromatic heterocycles. The quantitative estimate of drug-likeness (QED) is 0.745. The molecule has 1 aliphatic heterocycles. The van der Waals surface area contributed by atoms with Crippen molar-refractivity contribution < 1.29 is 4.74 Å². The minimum atomic E-state index is -0.0957. The van der Waals surface area contributed by atoms with Crippen LogP contribution in [0.15, 0.2) is 41.3 Å². The average Bonchev–Trinajstić information content (AvgIpc) is 3.11. The van der Waals surface area contributed by atoms with Gasteiger partial charge in [0.15, 0.2) is 0 Å². The highest BCUT2D eigenvalue weighted by Gasteiger charge is 2.18. The van der Waals surface area contributed by atoms with E-state index in [1.807, 2.05) is 6.07 Å². The number of fused-ring (bicyclic) bond motifs is 1. The van der Waals surface area contributed by atoms with Crippen molar-refractivity contribution in [2.24, 2.45) is 0 Å². The summed E-state index contributed by atoms with van der Waals surface area (Å²) in [7, 11) is 1.75. The van der Waals surface area contributed by atoms with E-state index in [0.29, 0.717) is 5.95 Å². The van der Waals surface area contributed by atoms with Crippen LogP contribution in [-0.4, -0.2) is 65.9 Å². The molecule has 0 radical (unpaired) electrons. The molecule has 3 heterocycles. The summed E-state index contributed by atoms with van der Waals surface area (Å²) >= 11 is 0. The van der Waals surface area contributed by atoms with Crippen LogP contribution in [0.4, 0.5) is 5.69 Å². The lowest BCUT2D eigenvalue weighted by atomic mass is 10.1. The summed E-state index contributed by atoms with van der Waals surface area (Å²) in [5.41, 5.74) is 4.07. The lowest BCUT2D eigenvalue weighted by Gasteiger charge is -2.36. The van der Waals surface area contributed by atoms with Gasteiger partial charge in [-0.25, -0.2) is 4.98 Å². The number of hydrogen-bond acceptors (Lipinski definition) is 5. The summed E-state index contributed by atoms with van der Waals surface area (Å²) in [5, 5.41) is 0. The maximum Gasteiger partial charge on any atom is 0.257 e. The molecule has 1 aromatic carbocycles. The highest BCUT2D eigenvalue weighted by atomic mass is 16.5. The number of hydrogen-bond donors (Lipinski definition) is 1. The minimum Gasteiger partial charge on any atom is -0.383 e. The molecule has 0 spiro atoms. The van der Waals surface area contributed by atoms with E-state index in [1.165, 1.54) is 16.3 Å². The van der Waals surface area contributed by atoms with Crippen LogP contribution >= 0.6 is 0 Å². The molecule has 3 aromatic rings. The predicted molar refractivity (Wildman–Crippen MR) is 107 cm³/mol. The van der Waals surface area contributed by atoms with Crippen molar-refractivity contribution in [3.05, 3.63) is 52.4 Å². The number of ether oxygens (including phenoxy) is 1. The van der Waals surface area contributed by atoms with E-state index in [4.69, 9.17) is 4.74 Å². The van der Waals surface area contributed by atoms with E-state index in [9.17, 15) is 4.79 Å². The van der Waals surface area contributed by atoms with Crippen molar-refractivity contribution in [1.29, 1.82) is 0 Å². The normalized spacial score (nSPS) is 15.6. The smallest absolute Gasteiger partial charge is 0.257 e. The first-order chi connectivity index (χ1) is 13.2. The van der Waals surface area contributed by atoms with Crippen molar-refractivity contribution in [2.75, 3.05) is 51.3 Å². The van der Waals surface area contributed by atoms with E-state index in [-0.39, 0.29) is 5.56 Å². The molecular weight excluding hydrogens is 342 g/mol. The van der Waals surface area contributed by atoms with Crippen molar-refractivity contribution in [3.8, 4) is 5.95 Å². The first-order valence-corrected chi connectivity index (χ1v) is 9.30. The number of aryl methyl sites for hydroxylation is 1. The molecule has 0 aliphatic carbocycles. The zero-order valence-electron chi connectivity index (χ0n) is 15.8. The molecule has 7 heteroatoms. The average molecular weight is 367 g/mol. The number of pyridine rings is 1. The number of aromatic amines is 1. The van der Waals surface area contributed by atoms with Gasteiger partial charge in [0.2, 0.25) is 5.95 Å². The Morgan fingerprint density at radius 1 is 1.19 bits per heavy atom. The van der Waals surface area contributed by atoms with Gasteiger partial charge in [0, 0.05) is 57.8 Å². The summed E-state index contributed by atoms with van der Waals surface area (Å²) < 4.78 is 6.71. The number of methoxy groups -OCH3 is 1. The van der Waals surface area contributed by atoms with Crippen molar-refractivity contribution in [1.82, 2.24) is 19.4 Å². The third kappa shape index (κ3) is 3.61. The Morgan fingerprint density at radius 2 is 2.00 bits per heavy atom. The fraction of sp³-hybridized carbons (Fsp3) is 0.400. The lowest BCUT2D eigenvalue weighted by Crippen LogP contribution is -2.47. The molecule has 0 unspecified atom stereocenters. The van der Waals surface area contributed by atoms with E-state index in [1.54, 1.807) is 19.4 Å². The molecule has 1 saturated heterocycles. The molecule has 0 bridgehead atoms. The summed E-state index contributed by atoms with van der Waals surface area (Å²) in [5.74, 6) is 0.556. The molecule has 27 heavy (non-hydrogen) atoms. The molecule has 1 fully saturated rings. The second kappa shape index (κ2) is 7.54. The molecular formula is C20H25N5O2. The highest BCUT2D eigenvalue weighted by Crippen LogP contribution is 2.26. The standard InChI is InChI=1S/C20H25N5O2/c1-15-13-16(24-9-7-23(8-10-24)11-12-27-2)14-17-19(15)22-20(21-17)25-6-4-3-5-18(25)26/h3-6,13-14H,7-12H2,1-2H3,(H,21,22). The number of aromatic nitrogens is 3. The third-order valence-corrected chi connectivity index (χ3v) is 5.15. The predicted octanol–water partition coefficient (Wildman–Crippen LogP) is 1.79. The SMILES string of the molecule is COCCN1CCN(c2cc(C)c3nc(-n4ccccc4=O)[nH]c3c2)CC1. The van der Waals surface area contributed by atoms with Crippen LogP contribution in [0.25, 0.3) is 17.0 Å². The van der Waals surface area contributed by atoms with E-state index >= 15 is 0 Å². The molecule has 0 saturated carbocycles. The number of benzene rings is 1. The van der Waals surface area contributed by atoms with Crippen LogP contribution in [0.2, 0.25) is 0 Å². The molecule has 7 nitrogen and oxygen atoms in total. The Kier molecular flexibility index (Phi) is 4.96. The van der Waals surface area contributed by atoms with Gasteiger partial charge in [-0.2, -0.15) is 0 Å². The Morgan fingerprint density at radius 3 is 2.74 bits per heavy atom. The molecule has 0 amide bonds. The summed E-state index contributed by atoms with van der Waals surface area (Å²) in [6, 6.07) is 9.42. The molecule has 1 N–H and O–H groups in total. The molecule has 4 rings (SSSR count). The lowest BCUT2D eigenvalue weighted by molar-refractivity contribution is 0.144. The monoisotopic (exact) mass is 367 g/mol. The Labute approximate surface area is 158 Å². The van der Waals surface area contributed by atoms with Gasteiger partial charge in [0.1, 0.15) is 0 Å². The summed E-state index contributed by atoms with van der Waals surface area (Å²) in [4.78, 5) is 24.9. The fourth-order valence-corrected chi connectivity index (χ4v) is 3.61.